The summed E-state index contributed by atoms with van der Waals surface area (Å²) in [4.78, 5) is 6.76. The van der Waals surface area contributed by atoms with E-state index in [2.05, 4.69) is 48.5 Å². The lowest BCUT2D eigenvalue weighted by molar-refractivity contribution is 0.246. The SMILES string of the molecule is Cc1csc(CNCC(CC(C)C)N(C)C)n1. The molecule has 17 heavy (non-hydrogen) atoms. The van der Waals surface area contributed by atoms with Crippen LogP contribution in [0.25, 0.3) is 0 Å². The molecule has 0 radical (unpaired) electrons. The molecule has 3 nitrogen and oxygen atoms in total. The molecular weight excluding hydrogens is 230 g/mol. The fourth-order valence-corrected chi connectivity index (χ4v) is 2.59. The van der Waals surface area contributed by atoms with Crippen molar-refractivity contribution in [2.24, 2.45) is 5.92 Å². The number of thiazole rings is 1. The average Bonchev–Trinajstić information content (AvgIpc) is 2.62. The number of likely N-dealkylation sites (N-methyl/N-ethyl adjacent to an activating group) is 1. The second-order valence-corrected chi connectivity index (χ2v) is 6.20. The van der Waals surface area contributed by atoms with Crippen LogP contribution in [0.15, 0.2) is 5.38 Å². The number of aromatic nitrogens is 1. The second kappa shape index (κ2) is 7.09. The zero-order chi connectivity index (χ0) is 12.8. The van der Waals surface area contributed by atoms with Gasteiger partial charge in [0.2, 0.25) is 0 Å². The summed E-state index contributed by atoms with van der Waals surface area (Å²) in [6, 6.07) is 0.607. The van der Waals surface area contributed by atoms with Crippen molar-refractivity contribution in [3.8, 4) is 0 Å². The molecule has 0 bridgehead atoms. The van der Waals surface area contributed by atoms with Gasteiger partial charge in [-0.2, -0.15) is 0 Å². The first-order chi connectivity index (χ1) is 7.99. The summed E-state index contributed by atoms with van der Waals surface area (Å²) in [5.74, 6) is 0.742. The molecule has 0 amide bonds. The zero-order valence-corrected chi connectivity index (χ0v) is 12.5. The Morgan fingerprint density at radius 3 is 2.59 bits per heavy atom. The van der Waals surface area contributed by atoms with E-state index in [0.29, 0.717) is 6.04 Å². The van der Waals surface area contributed by atoms with Crippen molar-refractivity contribution in [2.45, 2.75) is 39.8 Å². The summed E-state index contributed by atoms with van der Waals surface area (Å²) >= 11 is 1.74. The molecule has 0 saturated heterocycles. The van der Waals surface area contributed by atoms with E-state index in [4.69, 9.17) is 0 Å². The van der Waals surface area contributed by atoms with E-state index >= 15 is 0 Å². The first kappa shape index (κ1) is 14.6. The van der Waals surface area contributed by atoms with Gasteiger partial charge < -0.3 is 10.2 Å². The van der Waals surface area contributed by atoms with Gasteiger partial charge in [0.1, 0.15) is 5.01 Å². The Labute approximate surface area is 109 Å². The molecule has 1 aromatic heterocycles. The lowest BCUT2D eigenvalue weighted by Crippen LogP contribution is -2.38. The molecule has 1 aromatic rings. The van der Waals surface area contributed by atoms with Crippen LogP contribution in [-0.2, 0) is 6.54 Å². The summed E-state index contributed by atoms with van der Waals surface area (Å²) in [6.45, 7) is 8.52. The van der Waals surface area contributed by atoms with Crippen molar-refractivity contribution in [1.29, 1.82) is 0 Å². The molecule has 0 saturated carbocycles. The molecule has 1 heterocycles. The summed E-state index contributed by atoms with van der Waals surface area (Å²) in [5.41, 5.74) is 1.12. The van der Waals surface area contributed by atoms with E-state index in [0.717, 1.165) is 24.7 Å². The number of hydrogen-bond acceptors (Lipinski definition) is 4. The van der Waals surface area contributed by atoms with Crippen molar-refractivity contribution in [3.63, 3.8) is 0 Å². The van der Waals surface area contributed by atoms with Crippen LogP contribution in [0.2, 0.25) is 0 Å². The molecule has 0 aliphatic rings. The highest BCUT2D eigenvalue weighted by Gasteiger charge is 2.12. The van der Waals surface area contributed by atoms with Crippen LogP contribution in [0.4, 0.5) is 0 Å². The fourth-order valence-electron chi connectivity index (χ4n) is 1.85. The third kappa shape index (κ3) is 5.61. The number of hydrogen-bond donors (Lipinski definition) is 1. The van der Waals surface area contributed by atoms with E-state index in [9.17, 15) is 0 Å². The quantitative estimate of drug-likeness (QED) is 0.811. The minimum atomic E-state index is 0.607. The number of nitrogens with one attached hydrogen (secondary N) is 1. The van der Waals surface area contributed by atoms with Crippen LogP contribution in [-0.4, -0.2) is 36.6 Å². The second-order valence-electron chi connectivity index (χ2n) is 5.26. The topological polar surface area (TPSA) is 28.2 Å². The van der Waals surface area contributed by atoms with Gasteiger partial charge in [-0.3, -0.25) is 0 Å². The molecule has 0 fully saturated rings. The highest BCUT2D eigenvalue weighted by molar-refractivity contribution is 7.09. The molecule has 0 aliphatic carbocycles. The minimum absolute atomic E-state index is 0.607. The Morgan fingerprint density at radius 2 is 2.12 bits per heavy atom. The van der Waals surface area contributed by atoms with Crippen molar-refractivity contribution in [1.82, 2.24) is 15.2 Å². The molecular formula is C13H25N3S. The normalized spacial score (nSPS) is 13.6. The first-order valence-corrected chi connectivity index (χ1v) is 7.15. The van der Waals surface area contributed by atoms with Crippen LogP contribution in [0.3, 0.4) is 0 Å². The molecule has 0 aliphatic heterocycles. The molecule has 0 aromatic carbocycles. The van der Waals surface area contributed by atoms with E-state index in [1.807, 2.05) is 6.92 Å². The van der Waals surface area contributed by atoms with Crippen molar-refractivity contribution in [3.05, 3.63) is 16.1 Å². The van der Waals surface area contributed by atoms with Gasteiger partial charge in [-0.1, -0.05) is 13.8 Å². The zero-order valence-electron chi connectivity index (χ0n) is 11.7. The molecule has 1 N–H and O–H groups in total. The third-order valence-electron chi connectivity index (χ3n) is 2.80. The maximum atomic E-state index is 4.46. The van der Waals surface area contributed by atoms with Crippen LogP contribution in [0.5, 0.6) is 0 Å². The van der Waals surface area contributed by atoms with Gasteiger partial charge in [0.05, 0.1) is 0 Å². The van der Waals surface area contributed by atoms with Crippen LogP contribution in [0, 0.1) is 12.8 Å². The van der Waals surface area contributed by atoms with Gasteiger partial charge in [0, 0.05) is 30.2 Å². The Balaban J connectivity index is 2.31. The van der Waals surface area contributed by atoms with Crippen molar-refractivity contribution >= 4 is 11.3 Å². The number of aryl methyl sites for hydroxylation is 1. The van der Waals surface area contributed by atoms with Crippen LogP contribution in [0.1, 0.15) is 31.0 Å². The Kier molecular flexibility index (Phi) is 6.09. The van der Waals surface area contributed by atoms with Gasteiger partial charge >= 0.3 is 0 Å². The molecule has 1 rings (SSSR count). The minimum Gasteiger partial charge on any atom is -0.309 e. The van der Waals surface area contributed by atoms with Gasteiger partial charge in [-0.25, -0.2) is 4.98 Å². The van der Waals surface area contributed by atoms with Gasteiger partial charge in [-0.05, 0) is 33.4 Å². The smallest absolute Gasteiger partial charge is 0.107 e. The Morgan fingerprint density at radius 1 is 1.41 bits per heavy atom. The monoisotopic (exact) mass is 255 g/mol. The predicted molar refractivity (Wildman–Crippen MR) is 75.5 cm³/mol. The van der Waals surface area contributed by atoms with E-state index in [-0.39, 0.29) is 0 Å². The van der Waals surface area contributed by atoms with Crippen molar-refractivity contribution in [2.75, 3.05) is 20.6 Å². The van der Waals surface area contributed by atoms with E-state index < -0.39 is 0 Å². The first-order valence-electron chi connectivity index (χ1n) is 6.27. The van der Waals surface area contributed by atoms with Crippen molar-refractivity contribution < 1.29 is 0 Å². The molecule has 1 atom stereocenters. The van der Waals surface area contributed by atoms with Crippen LogP contribution >= 0.6 is 11.3 Å². The van der Waals surface area contributed by atoms with Gasteiger partial charge in [0.15, 0.2) is 0 Å². The predicted octanol–water partition coefficient (Wildman–Crippen LogP) is 2.52. The maximum absolute atomic E-state index is 4.46. The summed E-state index contributed by atoms with van der Waals surface area (Å²) in [7, 11) is 4.31. The van der Waals surface area contributed by atoms with E-state index in [1.165, 1.54) is 11.4 Å². The van der Waals surface area contributed by atoms with Gasteiger partial charge in [-0.15, -0.1) is 11.3 Å². The standard InChI is InChI=1S/C13H25N3S/c1-10(2)6-12(16(4)5)7-14-8-13-15-11(3)9-17-13/h9-10,12,14H,6-8H2,1-5H3. The summed E-state index contributed by atoms with van der Waals surface area (Å²) in [6.07, 6.45) is 1.23. The number of rotatable bonds is 7. The maximum Gasteiger partial charge on any atom is 0.107 e. The van der Waals surface area contributed by atoms with Gasteiger partial charge in [0.25, 0.3) is 0 Å². The fraction of sp³-hybridized carbons (Fsp3) is 0.769. The summed E-state index contributed by atoms with van der Waals surface area (Å²) < 4.78 is 0. The highest BCUT2D eigenvalue weighted by Crippen LogP contribution is 2.10. The Hall–Kier alpha value is -0.450. The highest BCUT2D eigenvalue weighted by atomic mass is 32.1. The third-order valence-corrected chi connectivity index (χ3v) is 3.76. The Bertz CT molecular complexity index is 320. The van der Waals surface area contributed by atoms with Crippen LogP contribution < -0.4 is 5.32 Å². The molecule has 1 unspecified atom stereocenters. The average molecular weight is 255 g/mol. The molecule has 4 heteroatoms. The largest absolute Gasteiger partial charge is 0.309 e. The van der Waals surface area contributed by atoms with E-state index in [1.54, 1.807) is 11.3 Å². The lowest BCUT2D eigenvalue weighted by Gasteiger charge is -2.26. The molecule has 98 valence electrons. The molecule has 0 spiro atoms. The number of nitrogens with zero attached hydrogens (tertiary/aromatic N) is 2. The lowest BCUT2D eigenvalue weighted by atomic mass is 10.0. The summed E-state index contributed by atoms with van der Waals surface area (Å²) in [5, 5.41) is 6.80.